The number of para-hydroxylation sites is 1. The van der Waals surface area contributed by atoms with Crippen LogP contribution in [0.2, 0.25) is 5.02 Å². The highest BCUT2D eigenvalue weighted by atomic mass is 35.5. The van der Waals surface area contributed by atoms with Crippen LogP contribution in [0.15, 0.2) is 48.5 Å². The van der Waals surface area contributed by atoms with E-state index < -0.39 is 6.10 Å². The molecule has 0 bridgehead atoms. The normalized spacial score (nSPS) is 17.3. The summed E-state index contributed by atoms with van der Waals surface area (Å²) in [6, 6.07) is 14.2. The number of hydrogen-bond acceptors (Lipinski definition) is 3. The minimum atomic E-state index is -0.561. The molecule has 1 fully saturated rings. The van der Waals surface area contributed by atoms with Crippen LogP contribution in [0.5, 0.6) is 0 Å². The van der Waals surface area contributed by atoms with Crippen LogP contribution in [0.25, 0.3) is 0 Å². The first-order valence-electron chi connectivity index (χ1n) is 7.79. The molecule has 2 aromatic carbocycles. The van der Waals surface area contributed by atoms with E-state index in [0.717, 1.165) is 31.7 Å². The Morgan fingerprint density at radius 3 is 2.48 bits per heavy atom. The standard InChI is InChI=1S/C18H20ClFN2O/c19-15-5-3-4-14(12-15)18(23)13-21-8-10-22(11-9-21)17-7-2-1-6-16(17)20/h1-7,12,18,23H,8-11,13H2. The van der Waals surface area contributed by atoms with Gasteiger partial charge in [-0.2, -0.15) is 0 Å². The van der Waals surface area contributed by atoms with Crippen molar-refractivity contribution in [2.24, 2.45) is 0 Å². The molecule has 0 amide bonds. The number of rotatable bonds is 4. The van der Waals surface area contributed by atoms with Crippen LogP contribution >= 0.6 is 11.6 Å². The lowest BCUT2D eigenvalue weighted by Crippen LogP contribution is -2.47. The largest absolute Gasteiger partial charge is 0.387 e. The Bertz CT molecular complexity index is 659. The third-order valence-electron chi connectivity index (χ3n) is 4.23. The number of anilines is 1. The van der Waals surface area contributed by atoms with Crippen LogP contribution in [-0.4, -0.2) is 42.7 Å². The molecule has 122 valence electrons. The Balaban J connectivity index is 1.56. The molecular weight excluding hydrogens is 315 g/mol. The fourth-order valence-corrected chi connectivity index (χ4v) is 3.14. The van der Waals surface area contributed by atoms with Crippen LogP contribution in [0, 0.1) is 5.82 Å². The second kappa shape index (κ2) is 7.30. The molecule has 0 aliphatic carbocycles. The lowest BCUT2D eigenvalue weighted by atomic mass is 10.1. The van der Waals surface area contributed by atoms with Crippen LogP contribution in [0.3, 0.4) is 0 Å². The Kier molecular flexibility index (Phi) is 5.16. The SMILES string of the molecule is OC(CN1CCN(c2ccccc2F)CC1)c1cccc(Cl)c1. The van der Waals surface area contributed by atoms with Gasteiger partial charge >= 0.3 is 0 Å². The van der Waals surface area contributed by atoms with Crippen molar-refractivity contribution in [3.63, 3.8) is 0 Å². The number of halogens is 2. The van der Waals surface area contributed by atoms with E-state index in [1.54, 1.807) is 18.2 Å². The van der Waals surface area contributed by atoms with Gasteiger partial charge in [-0.3, -0.25) is 4.90 Å². The van der Waals surface area contributed by atoms with Gasteiger partial charge in [-0.05, 0) is 29.8 Å². The maximum absolute atomic E-state index is 13.8. The quantitative estimate of drug-likeness (QED) is 0.929. The molecule has 0 saturated carbocycles. The molecule has 5 heteroatoms. The Morgan fingerprint density at radius 2 is 1.78 bits per heavy atom. The molecule has 3 rings (SSSR count). The summed E-state index contributed by atoms with van der Waals surface area (Å²) in [4.78, 5) is 4.25. The van der Waals surface area contributed by atoms with Crippen LogP contribution in [0.1, 0.15) is 11.7 Å². The number of aliphatic hydroxyl groups excluding tert-OH is 1. The van der Waals surface area contributed by atoms with Gasteiger partial charge in [0.2, 0.25) is 0 Å². The fourth-order valence-electron chi connectivity index (χ4n) is 2.94. The van der Waals surface area contributed by atoms with Crippen molar-refractivity contribution in [1.29, 1.82) is 0 Å². The van der Waals surface area contributed by atoms with Crippen molar-refractivity contribution in [3.05, 3.63) is 64.9 Å². The molecule has 23 heavy (non-hydrogen) atoms. The lowest BCUT2D eigenvalue weighted by molar-refractivity contribution is 0.109. The summed E-state index contributed by atoms with van der Waals surface area (Å²) in [7, 11) is 0. The third kappa shape index (κ3) is 4.02. The number of aliphatic hydroxyl groups is 1. The first-order valence-corrected chi connectivity index (χ1v) is 8.16. The van der Waals surface area contributed by atoms with Gasteiger partial charge < -0.3 is 10.0 Å². The summed E-state index contributed by atoms with van der Waals surface area (Å²) in [5, 5.41) is 11.0. The lowest BCUT2D eigenvalue weighted by Gasteiger charge is -2.37. The zero-order valence-electron chi connectivity index (χ0n) is 12.8. The minimum Gasteiger partial charge on any atom is -0.387 e. The number of nitrogens with zero attached hydrogens (tertiary/aromatic N) is 2. The third-order valence-corrected chi connectivity index (χ3v) is 4.47. The van der Waals surface area contributed by atoms with E-state index in [1.165, 1.54) is 6.07 Å². The summed E-state index contributed by atoms with van der Waals surface area (Å²) in [6.07, 6.45) is -0.561. The van der Waals surface area contributed by atoms with Gasteiger partial charge in [0.05, 0.1) is 11.8 Å². The van der Waals surface area contributed by atoms with Crippen molar-refractivity contribution in [1.82, 2.24) is 4.90 Å². The van der Waals surface area contributed by atoms with Crippen LogP contribution < -0.4 is 4.90 Å². The summed E-state index contributed by atoms with van der Waals surface area (Å²) in [5.41, 5.74) is 1.48. The first kappa shape index (κ1) is 16.2. The number of benzene rings is 2. The van der Waals surface area contributed by atoms with Crippen molar-refractivity contribution in [2.75, 3.05) is 37.6 Å². The van der Waals surface area contributed by atoms with Gasteiger partial charge in [0.15, 0.2) is 0 Å². The minimum absolute atomic E-state index is 0.181. The molecule has 0 radical (unpaired) electrons. The average Bonchev–Trinajstić information content (AvgIpc) is 2.56. The molecule has 3 nitrogen and oxygen atoms in total. The molecule has 1 saturated heterocycles. The van der Waals surface area contributed by atoms with Crippen LogP contribution in [-0.2, 0) is 0 Å². The first-order chi connectivity index (χ1) is 11.1. The highest BCUT2D eigenvalue weighted by Gasteiger charge is 2.21. The molecule has 1 N–H and O–H groups in total. The summed E-state index contributed by atoms with van der Waals surface area (Å²) >= 11 is 5.97. The molecule has 1 unspecified atom stereocenters. The highest BCUT2D eigenvalue weighted by molar-refractivity contribution is 6.30. The number of hydrogen-bond donors (Lipinski definition) is 1. The second-order valence-electron chi connectivity index (χ2n) is 5.81. The van der Waals surface area contributed by atoms with Gasteiger partial charge in [0.1, 0.15) is 5.82 Å². The predicted octanol–water partition coefficient (Wildman–Crippen LogP) is 3.33. The van der Waals surface area contributed by atoms with Crippen molar-refractivity contribution in [3.8, 4) is 0 Å². The maximum Gasteiger partial charge on any atom is 0.146 e. The number of piperazine rings is 1. The highest BCUT2D eigenvalue weighted by Crippen LogP contribution is 2.22. The molecular formula is C18H20ClFN2O. The van der Waals surface area contributed by atoms with Crippen LogP contribution in [0.4, 0.5) is 10.1 Å². The molecule has 1 aliphatic rings. The fraction of sp³-hybridized carbons (Fsp3) is 0.333. The van der Waals surface area contributed by atoms with Gasteiger partial charge in [0, 0.05) is 37.7 Å². The zero-order chi connectivity index (χ0) is 16.2. The Hall–Kier alpha value is -1.62. The second-order valence-corrected chi connectivity index (χ2v) is 6.25. The molecule has 1 atom stereocenters. The molecule has 0 aromatic heterocycles. The molecule has 1 heterocycles. The topological polar surface area (TPSA) is 26.7 Å². The summed E-state index contributed by atoms with van der Waals surface area (Å²) < 4.78 is 13.8. The summed E-state index contributed by atoms with van der Waals surface area (Å²) in [6.45, 7) is 3.66. The predicted molar refractivity (Wildman–Crippen MR) is 91.5 cm³/mol. The van der Waals surface area contributed by atoms with Gasteiger partial charge in [0.25, 0.3) is 0 Å². The van der Waals surface area contributed by atoms with Crippen molar-refractivity contribution in [2.45, 2.75) is 6.10 Å². The number of β-amino-alcohol motifs (C(OH)–C–C–N with tert-alkyl or cyclic N) is 1. The smallest absolute Gasteiger partial charge is 0.146 e. The van der Waals surface area contributed by atoms with Gasteiger partial charge in [-0.1, -0.05) is 35.9 Å². The zero-order valence-corrected chi connectivity index (χ0v) is 13.6. The van der Waals surface area contributed by atoms with E-state index in [0.29, 0.717) is 17.3 Å². The van der Waals surface area contributed by atoms with E-state index in [9.17, 15) is 9.50 Å². The van der Waals surface area contributed by atoms with Crippen molar-refractivity contribution >= 4 is 17.3 Å². The Morgan fingerprint density at radius 1 is 1.04 bits per heavy atom. The average molecular weight is 335 g/mol. The van der Waals surface area contributed by atoms with Gasteiger partial charge in [-0.15, -0.1) is 0 Å². The molecule has 1 aliphatic heterocycles. The van der Waals surface area contributed by atoms with Gasteiger partial charge in [-0.25, -0.2) is 4.39 Å². The Labute approximate surface area is 140 Å². The van der Waals surface area contributed by atoms with E-state index in [-0.39, 0.29) is 5.82 Å². The van der Waals surface area contributed by atoms with E-state index in [2.05, 4.69) is 9.80 Å². The maximum atomic E-state index is 13.8. The molecule has 2 aromatic rings. The summed E-state index contributed by atoms with van der Waals surface area (Å²) in [5.74, 6) is -0.181. The monoisotopic (exact) mass is 334 g/mol. The van der Waals surface area contributed by atoms with Crippen molar-refractivity contribution < 1.29 is 9.50 Å². The van der Waals surface area contributed by atoms with E-state index in [1.807, 2.05) is 24.3 Å². The van der Waals surface area contributed by atoms with E-state index in [4.69, 9.17) is 11.6 Å². The van der Waals surface area contributed by atoms with E-state index >= 15 is 0 Å². The molecule has 0 spiro atoms.